The van der Waals surface area contributed by atoms with Gasteiger partial charge in [-0.05, 0) is 26.1 Å². The van der Waals surface area contributed by atoms with E-state index in [1.807, 2.05) is 37.1 Å². The van der Waals surface area contributed by atoms with E-state index < -0.39 is 0 Å². The van der Waals surface area contributed by atoms with E-state index in [1.165, 1.54) is 0 Å². The van der Waals surface area contributed by atoms with Crippen LogP contribution in [0.2, 0.25) is 0 Å². The Morgan fingerprint density at radius 2 is 2.32 bits per heavy atom. The summed E-state index contributed by atoms with van der Waals surface area (Å²) in [5.41, 5.74) is 2.00. The maximum absolute atomic E-state index is 12.7. The van der Waals surface area contributed by atoms with Gasteiger partial charge in [-0.15, -0.1) is 0 Å². The van der Waals surface area contributed by atoms with Crippen LogP contribution in [-0.2, 0) is 16.1 Å². The Bertz CT molecular complexity index is 688. The van der Waals surface area contributed by atoms with Crippen molar-refractivity contribution in [2.75, 3.05) is 33.4 Å². The lowest BCUT2D eigenvalue weighted by Crippen LogP contribution is -2.44. The number of pyridine rings is 1. The SMILES string of the molecule is Cc1cnc([C@@H]2COCCN2C(=O)CCN(C)Cc2ccccn2)[nH]1. The van der Waals surface area contributed by atoms with Crippen molar-refractivity contribution in [3.05, 3.63) is 47.8 Å². The lowest BCUT2D eigenvalue weighted by Gasteiger charge is -2.34. The van der Waals surface area contributed by atoms with Crippen molar-refractivity contribution in [2.45, 2.75) is 25.9 Å². The summed E-state index contributed by atoms with van der Waals surface area (Å²) in [6, 6.07) is 5.75. The highest BCUT2D eigenvalue weighted by atomic mass is 16.5. The minimum atomic E-state index is -0.129. The molecule has 3 heterocycles. The average Bonchev–Trinajstić information content (AvgIpc) is 3.07. The smallest absolute Gasteiger partial charge is 0.224 e. The van der Waals surface area contributed by atoms with E-state index in [4.69, 9.17) is 4.74 Å². The minimum Gasteiger partial charge on any atom is -0.377 e. The van der Waals surface area contributed by atoms with Crippen LogP contribution < -0.4 is 0 Å². The molecule has 0 spiro atoms. The molecule has 0 unspecified atom stereocenters. The molecule has 0 aromatic carbocycles. The van der Waals surface area contributed by atoms with Crippen LogP contribution in [-0.4, -0.2) is 64.0 Å². The van der Waals surface area contributed by atoms with Crippen LogP contribution >= 0.6 is 0 Å². The van der Waals surface area contributed by atoms with E-state index in [9.17, 15) is 4.79 Å². The Morgan fingerprint density at radius 3 is 3.04 bits per heavy atom. The third-order valence-electron chi connectivity index (χ3n) is 4.35. The minimum absolute atomic E-state index is 0.129. The van der Waals surface area contributed by atoms with E-state index in [-0.39, 0.29) is 11.9 Å². The number of aromatic nitrogens is 3. The molecule has 25 heavy (non-hydrogen) atoms. The first kappa shape index (κ1) is 17.6. The molecule has 1 saturated heterocycles. The molecule has 0 saturated carbocycles. The summed E-state index contributed by atoms with van der Waals surface area (Å²) in [6.45, 7) is 5.05. The number of rotatable bonds is 6. The van der Waals surface area contributed by atoms with Crippen molar-refractivity contribution in [3.63, 3.8) is 0 Å². The third-order valence-corrected chi connectivity index (χ3v) is 4.35. The first-order valence-electron chi connectivity index (χ1n) is 8.60. The molecule has 1 aliphatic heterocycles. The van der Waals surface area contributed by atoms with Crippen molar-refractivity contribution < 1.29 is 9.53 Å². The van der Waals surface area contributed by atoms with Crippen LogP contribution in [0.4, 0.5) is 0 Å². The molecule has 3 rings (SSSR count). The van der Waals surface area contributed by atoms with Crippen LogP contribution in [0.5, 0.6) is 0 Å². The van der Waals surface area contributed by atoms with Gasteiger partial charge in [-0.25, -0.2) is 4.98 Å². The second-order valence-electron chi connectivity index (χ2n) is 6.44. The molecule has 1 atom stereocenters. The lowest BCUT2D eigenvalue weighted by atomic mass is 10.2. The first-order valence-corrected chi connectivity index (χ1v) is 8.60. The zero-order valence-corrected chi connectivity index (χ0v) is 14.8. The van der Waals surface area contributed by atoms with Crippen LogP contribution in [0.3, 0.4) is 0 Å². The summed E-state index contributed by atoms with van der Waals surface area (Å²) in [7, 11) is 2.01. The zero-order chi connectivity index (χ0) is 17.6. The van der Waals surface area contributed by atoms with E-state index in [0.29, 0.717) is 32.7 Å². The number of carbonyl (C=O) groups is 1. The van der Waals surface area contributed by atoms with Gasteiger partial charge in [0.25, 0.3) is 0 Å². The Morgan fingerprint density at radius 1 is 1.44 bits per heavy atom. The van der Waals surface area contributed by atoms with Gasteiger partial charge in [0.15, 0.2) is 0 Å². The molecule has 134 valence electrons. The van der Waals surface area contributed by atoms with Gasteiger partial charge in [0.2, 0.25) is 5.91 Å². The first-order chi connectivity index (χ1) is 12.1. The molecule has 1 fully saturated rings. The average molecular weight is 343 g/mol. The fourth-order valence-corrected chi connectivity index (χ4v) is 3.01. The third kappa shape index (κ3) is 4.64. The number of nitrogens with zero attached hydrogens (tertiary/aromatic N) is 4. The van der Waals surface area contributed by atoms with Crippen molar-refractivity contribution in [2.24, 2.45) is 0 Å². The zero-order valence-electron chi connectivity index (χ0n) is 14.8. The number of H-pyrrole nitrogens is 1. The van der Waals surface area contributed by atoms with E-state index in [2.05, 4.69) is 19.9 Å². The second-order valence-corrected chi connectivity index (χ2v) is 6.44. The predicted octanol–water partition coefficient (Wildman–Crippen LogP) is 1.54. The summed E-state index contributed by atoms with van der Waals surface area (Å²) >= 11 is 0. The fraction of sp³-hybridized carbons (Fsp3) is 0.500. The lowest BCUT2D eigenvalue weighted by molar-refractivity contribution is -0.140. The summed E-state index contributed by atoms with van der Waals surface area (Å²) in [4.78, 5) is 28.7. The number of aromatic amines is 1. The molecular weight excluding hydrogens is 318 g/mol. The van der Waals surface area contributed by atoms with E-state index in [1.54, 1.807) is 12.4 Å². The summed E-state index contributed by atoms with van der Waals surface area (Å²) in [5, 5.41) is 0. The molecule has 2 aromatic heterocycles. The van der Waals surface area contributed by atoms with Crippen molar-refractivity contribution >= 4 is 5.91 Å². The second kappa shape index (κ2) is 8.22. The quantitative estimate of drug-likeness (QED) is 0.861. The molecule has 0 bridgehead atoms. The van der Waals surface area contributed by atoms with Gasteiger partial charge in [-0.1, -0.05) is 6.07 Å². The Balaban J connectivity index is 1.55. The number of hydrogen-bond acceptors (Lipinski definition) is 5. The van der Waals surface area contributed by atoms with Gasteiger partial charge in [-0.3, -0.25) is 9.78 Å². The standard InChI is InChI=1S/C18H25N5O2/c1-14-11-20-18(21-14)16-13-25-10-9-23(16)17(24)6-8-22(2)12-15-5-3-4-7-19-15/h3-5,7,11,16H,6,8-10,12-13H2,1-2H3,(H,20,21)/t16-/m0/s1. The highest BCUT2D eigenvalue weighted by Gasteiger charge is 2.30. The molecule has 1 aliphatic rings. The maximum Gasteiger partial charge on any atom is 0.224 e. The normalized spacial score (nSPS) is 17.9. The summed E-state index contributed by atoms with van der Waals surface area (Å²) in [6.07, 6.45) is 4.05. The summed E-state index contributed by atoms with van der Waals surface area (Å²) in [5.74, 6) is 0.933. The Hall–Kier alpha value is -2.25. The van der Waals surface area contributed by atoms with Gasteiger partial charge >= 0.3 is 0 Å². The van der Waals surface area contributed by atoms with E-state index in [0.717, 1.165) is 23.8 Å². The monoisotopic (exact) mass is 343 g/mol. The number of aryl methyl sites for hydroxylation is 1. The van der Waals surface area contributed by atoms with Crippen LogP contribution in [0.15, 0.2) is 30.6 Å². The van der Waals surface area contributed by atoms with Crippen molar-refractivity contribution in [1.82, 2.24) is 24.8 Å². The molecule has 7 nitrogen and oxygen atoms in total. The van der Waals surface area contributed by atoms with Gasteiger partial charge in [0.1, 0.15) is 11.9 Å². The molecule has 0 radical (unpaired) electrons. The molecule has 7 heteroatoms. The number of morpholine rings is 1. The number of amides is 1. The maximum atomic E-state index is 12.7. The van der Waals surface area contributed by atoms with Crippen LogP contribution in [0.25, 0.3) is 0 Å². The predicted molar refractivity (Wildman–Crippen MR) is 93.8 cm³/mol. The van der Waals surface area contributed by atoms with Gasteiger partial charge in [0, 0.05) is 44.1 Å². The molecule has 1 amide bonds. The highest BCUT2D eigenvalue weighted by Crippen LogP contribution is 2.22. The molecule has 1 N–H and O–H groups in total. The number of nitrogens with one attached hydrogen (secondary N) is 1. The Kier molecular flexibility index (Phi) is 5.78. The van der Waals surface area contributed by atoms with Crippen molar-refractivity contribution in [1.29, 1.82) is 0 Å². The summed E-state index contributed by atoms with van der Waals surface area (Å²) < 4.78 is 5.56. The van der Waals surface area contributed by atoms with Crippen molar-refractivity contribution in [3.8, 4) is 0 Å². The largest absolute Gasteiger partial charge is 0.377 e. The van der Waals surface area contributed by atoms with Crippen LogP contribution in [0.1, 0.15) is 29.7 Å². The topological polar surface area (TPSA) is 74.3 Å². The number of carbonyl (C=O) groups excluding carboxylic acids is 1. The van der Waals surface area contributed by atoms with Gasteiger partial charge in [-0.2, -0.15) is 0 Å². The fourth-order valence-electron chi connectivity index (χ4n) is 3.01. The number of ether oxygens (including phenoxy) is 1. The molecule has 2 aromatic rings. The highest BCUT2D eigenvalue weighted by molar-refractivity contribution is 5.77. The Labute approximate surface area is 148 Å². The number of hydrogen-bond donors (Lipinski definition) is 1. The number of imidazole rings is 1. The van der Waals surface area contributed by atoms with Crippen LogP contribution in [0, 0.1) is 6.92 Å². The van der Waals surface area contributed by atoms with Gasteiger partial charge in [0.05, 0.1) is 18.9 Å². The molecular formula is C18H25N5O2. The van der Waals surface area contributed by atoms with Gasteiger partial charge < -0.3 is 19.5 Å². The van der Waals surface area contributed by atoms with E-state index >= 15 is 0 Å². The molecule has 0 aliphatic carbocycles.